The largest absolute Gasteiger partial charge is 0.351 e. The zero-order valence-electron chi connectivity index (χ0n) is 20.4. The van der Waals surface area contributed by atoms with Crippen LogP contribution in [0.5, 0.6) is 0 Å². The summed E-state index contributed by atoms with van der Waals surface area (Å²) in [6.07, 6.45) is 5.32. The molecular weight excluding hydrogens is 416 g/mol. The molecule has 4 fully saturated rings. The van der Waals surface area contributed by atoms with Crippen LogP contribution in [0.15, 0.2) is 0 Å². The molecule has 2 saturated heterocycles. The third-order valence-electron chi connectivity index (χ3n) is 9.31. The van der Waals surface area contributed by atoms with E-state index in [1.54, 1.807) is 0 Å². The molecule has 9 N–H and O–H groups in total. The molecule has 0 aromatic carbocycles. The molecule has 0 unspecified atom stereocenters. The summed E-state index contributed by atoms with van der Waals surface area (Å²) in [6, 6.07) is 0.367. The quantitative estimate of drug-likeness (QED) is 0.422. The van der Waals surface area contributed by atoms with Crippen molar-refractivity contribution in [3.8, 4) is 0 Å². The van der Waals surface area contributed by atoms with Crippen molar-refractivity contribution < 1.29 is 0 Å². The number of fused-ring (bicyclic) bond motifs is 2. The molecule has 3 heterocycles. The molecule has 33 heavy (non-hydrogen) atoms. The van der Waals surface area contributed by atoms with Crippen molar-refractivity contribution in [2.24, 2.45) is 39.7 Å². The van der Waals surface area contributed by atoms with Crippen LogP contribution in [0.2, 0.25) is 0 Å². The van der Waals surface area contributed by atoms with Gasteiger partial charge in [0.25, 0.3) is 0 Å². The van der Waals surface area contributed by atoms with Crippen LogP contribution in [0.25, 0.3) is 0 Å². The lowest BCUT2D eigenvalue weighted by molar-refractivity contribution is 0.142. The third-order valence-corrected chi connectivity index (χ3v) is 9.31. The predicted molar refractivity (Wildman–Crippen MR) is 132 cm³/mol. The lowest BCUT2D eigenvalue weighted by atomic mass is 9.69. The Labute approximate surface area is 197 Å². The fourth-order valence-electron chi connectivity index (χ4n) is 6.96. The molecule has 0 radical (unpaired) electrons. The number of hydrogen-bond donors (Lipinski definition) is 5. The summed E-state index contributed by atoms with van der Waals surface area (Å²) < 4.78 is 0. The fraction of sp³-hybridized carbons (Fsp3) is 0.870. The van der Waals surface area contributed by atoms with Gasteiger partial charge >= 0.3 is 0 Å². The van der Waals surface area contributed by atoms with Crippen LogP contribution in [0.3, 0.4) is 0 Å². The van der Waals surface area contributed by atoms with Crippen LogP contribution in [-0.4, -0.2) is 71.3 Å². The zero-order chi connectivity index (χ0) is 23.5. The predicted octanol–water partition coefficient (Wildman–Crippen LogP) is 0.228. The van der Waals surface area contributed by atoms with Crippen LogP contribution >= 0.6 is 0 Å². The highest BCUT2D eigenvalue weighted by Crippen LogP contribution is 2.65. The van der Waals surface area contributed by atoms with Crippen LogP contribution in [0, 0.1) is 16.7 Å². The minimum atomic E-state index is 0.00693. The lowest BCUT2D eigenvalue weighted by Gasteiger charge is -2.40. The number of rotatable bonds is 4. The summed E-state index contributed by atoms with van der Waals surface area (Å²) in [5, 5.41) is 3.73. The molecule has 2 saturated carbocycles. The molecule has 2 aliphatic carbocycles. The summed E-state index contributed by atoms with van der Waals surface area (Å²) >= 11 is 0. The second-order valence-corrected chi connectivity index (χ2v) is 11.9. The van der Waals surface area contributed by atoms with Gasteiger partial charge in [-0.3, -0.25) is 0 Å². The summed E-state index contributed by atoms with van der Waals surface area (Å²) in [4.78, 5) is 18.8. The Bertz CT molecular complexity index is 813. The van der Waals surface area contributed by atoms with E-state index in [0.717, 1.165) is 25.2 Å². The van der Waals surface area contributed by atoms with Gasteiger partial charge in [0.1, 0.15) is 0 Å². The Morgan fingerprint density at radius 2 is 1.24 bits per heavy atom. The SMILES string of the molecule is CC1(C)[C@@H]2CC[C@@]1(C)[C@@H](Nc1nc(N3C[C@H](N)C[C@H](N)C3)nc(N3C[C@H](N)C[C@H](N)C3)n1)C2. The van der Waals surface area contributed by atoms with Gasteiger partial charge in [-0.15, -0.1) is 0 Å². The fourth-order valence-corrected chi connectivity index (χ4v) is 6.96. The van der Waals surface area contributed by atoms with E-state index in [1.165, 1.54) is 12.8 Å². The number of nitrogens with two attached hydrogens (primary N) is 4. The number of hydrogen-bond acceptors (Lipinski definition) is 10. The van der Waals surface area contributed by atoms with Crippen LogP contribution in [0.4, 0.5) is 17.8 Å². The molecular formula is C23H42N10. The molecule has 10 nitrogen and oxygen atoms in total. The van der Waals surface area contributed by atoms with Gasteiger partial charge in [-0.05, 0) is 48.9 Å². The lowest BCUT2D eigenvalue weighted by Crippen LogP contribution is -2.54. The Hall–Kier alpha value is -1.75. The van der Waals surface area contributed by atoms with Crippen molar-refractivity contribution in [2.45, 2.75) is 83.1 Å². The first-order valence-electron chi connectivity index (χ1n) is 12.6. The molecule has 0 spiro atoms. The van der Waals surface area contributed by atoms with Crippen molar-refractivity contribution in [1.29, 1.82) is 0 Å². The second-order valence-electron chi connectivity index (χ2n) is 11.9. The minimum Gasteiger partial charge on any atom is -0.351 e. The van der Waals surface area contributed by atoms with Gasteiger partial charge in [0, 0.05) is 56.4 Å². The summed E-state index contributed by atoms with van der Waals surface area (Å²) in [5.41, 5.74) is 25.6. The summed E-state index contributed by atoms with van der Waals surface area (Å²) in [6.45, 7) is 10.0. The molecule has 2 bridgehead atoms. The smallest absolute Gasteiger partial charge is 0.232 e. The Balaban J connectivity index is 1.47. The summed E-state index contributed by atoms with van der Waals surface area (Å²) in [5.74, 6) is 2.63. The highest BCUT2D eigenvalue weighted by atomic mass is 15.4. The average Bonchev–Trinajstić information content (AvgIpc) is 3.06. The van der Waals surface area contributed by atoms with E-state index in [9.17, 15) is 0 Å². The van der Waals surface area contributed by atoms with Crippen molar-refractivity contribution in [2.75, 3.05) is 41.3 Å². The topological polar surface area (TPSA) is 161 Å². The van der Waals surface area contributed by atoms with Crippen LogP contribution in [-0.2, 0) is 0 Å². The van der Waals surface area contributed by atoms with Crippen molar-refractivity contribution in [3.05, 3.63) is 0 Å². The molecule has 4 aliphatic rings. The number of aromatic nitrogens is 3. The molecule has 184 valence electrons. The van der Waals surface area contributed by atoms with Crippen LogP contribution in [0.1, 0.15) is 52.9 Å². The van der Waals surface area contributed by atoms with Crippen molar-refractivity contribution in [3.63, 3.8) is 0 Å². The van der Waals surface area contributed by atoms with Crippen molar-refractivity contribution >= 4 is 17.8 Å². The first kappa shape index (κ1) is 23.0. The Kier molecular flexibility index (Phi) is 5.70. The van der Waals surface area contributed by atoms with Gasteiger partial charge in [-0.2, -0.15) is 15.0 Å². The second kappa shape index (κ2) is 8.18. The molecule has 2 aliphatic heterocycles. The van der Waals surface area contributed by atoms with E-state index in [4.69, 9.17) is 37.9 Å². The van der Waals surface area contributed by atoms with Gasteiger partial charge in [-0.25, -0.2) is 0 Å². The van der Waals surface area contributed by atoms with Gasteiger partial charge in [-0.1, -0.05) is 20.8 Å². The highest BCUT2D eigenvalue weighted by molar-refractivity contribution is 5.47. The molecule has 0 amide bonds. The maximum absolute atomic E-state index is 6.28. The summed E-state index contributed by atoms with van der Waals surface area (Å²) in [7, 11) is 0. The normalized spacial score (nSPS) is 40.3. The number of piperidine rings is 2. The monoisotopic (exact) mass is 458 g/mol. The van der Waals surface area contributed by atoms with E-state index in [2.05, 4.69) is 35.9 Å². The van der Waals surface area contributed by atoms with E-state index in [-0.39, 0.29) is 29.6 Å². The van der Waals surface area contributed by atoms with Crippen LogP contribution < -0.4 is 38.1 Å². The maximum Gasteiger partial charge on any atom is 0.232 e. The number of nitrogens with one attached hydrogen (secondary N) is 1. The number of nitrogens with zero attached hydrogens (tertiary/aromatic N) is 5. The maximum atomic E-state index is 6.28. The highest BCUT2D eigenvalue weighted by Gasteiger charge is 2.61. The average molecular weight is 459 g/mol. The molecule has 7 atom stereocenters. The zero-order valence-corrected chi connectivity index (χ0v) is 20.4. The minimum absolute atomic E-state index is 0.00693. The molecule has 10 heteroatoms. The molecule has 5 rings (SSSR count). The Morgan fingerprint density at radius 1 is 0.758 bits per heavy atom. The Morgan fingerprint density at radius 3 is 1.64 bits per heavy atom. The number of anilines is 3. The van der Waals surface area contributed by atoms with Gasteiger partial charge in [0.05, 0.1) is 0 Å². The van der Waals surface area contributed by atoms with E-state index < -0.39 is 0 Å². The van der Waals surface area contributed by atoms with Gasteiger partial charge < -0.3 is 38.1 Å². The van der Waals surface area contributed by atoms with Gasteiger partial charge in [0.15, 0.2) is 0 Å². The molecule has 1 aromatic heterocycles. The first-order valence-corrected chi connectivity index (χ1v) is 12.6. The van der Waals surface area contributed by atoms with E-state index in [0.29, 0.717) is 55.5 Å². The van der Waals surface area contributed by atoms with Crippen molar-refractivity contribution in [1.82, 2.24) is 15.0 Å². The molecule has 1 aromatic rings. The van der Waals surface area contributed by atoms with Gasteiger partial charge in [0.2, 0.25) is 17.8 Å². The van der Waals surface area contributed by atoms with E-state index >= 15 is 0 Å². The van der Waals surface area contributed by atoms with E-state index in [1.807, 2.05) is 0 Å². The standard InChI is InChI=1S/C23H42N10/c1-22(2)13-4-5-23(22,3)18(6-13)28-19-29-20(32-9-14(24)7-15(25)10-32)31-21(30-19)33-11-16(26)8-17(27)12-33/h13-18H,4-12,24-27H2,1-3H3,(H,28,29,30,31)/t13-,14-,15+,16-,17+,18+,23+/m1/s1. The third kappa shape index (κ3) is 4.05. The first-order chi connectivity index (χ1) is 15.5.